The van der Waals surface area contributed by atoms with Crippen molar-refractivity contribution in [2.24, 2.45) is 0 Å². The van der Waals surface area contributed by atoms with Gasteiger partial charge in [0.05, 0.1) is 0 Å². The van der Waals surface area contributed by atoms with Crippen LogP contribution in [-0.2, 0) is 32.7 Å². The van der Waals surface area contributed by atoms with E-state index in [1.165, 1.54) is 23.1 Å². The Morgan fingerprint density at radius 1 is 1.75 bits per heavy atom. The monoisotopic (exact) mass is 220 g/mol. The summed E-state index contributed by atoms with van der Waals surface area (Å²) in [4.78, 5) is 0. The first-order chi connectivity index (χ1) is 3.43. The smallest absolute Gasteiger partial charge is 0.142 e. The van der Waals surface area contributed by atoms with Gasteiger partial charge in [0.1, 0.15) is 9.85 Å². The van der Waals surface area contributed by atoms with E-state index < -0.39 is 0 Å². The van der Waals surface area contributed by atoms with Crippen LogP contribution in [0.5, 0.6) is 0 Å². The van der Waals surface area contributed by atoms with Crippen LogP contribution in [0.1, 0.15) is 0 Å². The molecule has 0 bridgehead atoms. The Kier molecular flexibility index (Phi) is 5.47. The molecule has 0 unspecified atom stereocenters. The van der Waals surface area contributed by atoms with Gasteiger partial charge < -0.3 is 0 Å². The molecule has 1 heterocycles. The average Bonchev–Trinajstić information content (AvgIpc) is 2.14. The average molecular weight is 220 g/mol. The molecular formula is C3H3N2S2Y-. The van der Waals surface area contributed by atoms with Crippen molar-refractivity contribution in [2.45, 2.75) is 4.34 Å². The van der Waals surface area contributed by atoms with E-state index in [9.17, 15) is 0 Å². The standard InChI is InChI=1S/C3H3N2S2.Y/c1-6-3-5-4-2-7-3;/h2H,1H2;/q-1;. The number of aromatic nitrogens is 2. The van der Waals surface area contributed by atoms with E-state index in [1.54, 1.807) is 5.51 Å². The third-order valence-electron chi connectivity index (χ3n) is 0.464. The van der Waals surface area contributed by atoms with Gasteiger partial charge in [-0.3, -0.25) is 18.0 Å². The molecule has 0 amide bonds. The minimum absolute atomic E-state index is 0. The van der Waals surface area contributed by atoms with Crippen molar-refractivity contribution in [3.8, 4) is 0 Å². The summed E-state index contributed by atoms with van der Waals surface area (Å²) in [6.07, 6.45) is 3.55. The van der Waals surface area contributed by atoms with Gasteiger partial charge in [-0.2, -0.15) is 0 Å². The zero-order valence-corrected chi connectivity index (χ0v) is 8.54. The van der Waals surface area contributed by atoms with E-state index in [0.29, 0.717) is 0 Å². The van der Waals surface area contributed by atoms with Crippen molar-refractivity contribution in [2.75, 3.05) is 0 Å². The fourth-order valence-electron chi connectivity index (χ4n) is 0.226. The SMILES string of the molecule is [CH2-]Sc1nncs1.[Y]. The second-order valence-electron chi connectivity index (χ2n) is 0.849. The molecule has 0 N–H and O–H groups in total. The van der Waals surface area contributed by atoms with Gasteiger partial charge in [0.2, 0.25) is 0 Å². The first-order valence-corrected chi connectivity index (χ1v) is 3.48. The molecule has 41 valence electrons. The van der Waals surface area contributed by atoms with Gasteiger partial charge in [-0.05, 0) is 0 Å². The Hall–Kier alpha value is 1.01. The molecule has 0 spiro atoms. The van der Waals surface area contributed by atoms with Gasteiger partial charge in [-0.1, -0.05) is 11.3 Å². The molecule has 1 aromatic rings. The fraction of sp³-hybridized carbons (Fsp3) is 0. The van der Waals surface area contributed by atoms with Gasteiger partial charge >= 0.3 is 0 Å². The largest absolute Gasteiger partial charge is 0.287 e. The van der Waals surface area contributed by atoms with Gasteiger partial charge in [-0.15, -0.1) is 10.2 Å². The summed E-state index contributed by atoms with van der Waals surface area (Å²) in [6, 6.07) is 0. The quantitative estimate of drug-likeness (QED) is 0.528. The molecule has 0 aliphatic rings. The van der Waals surface area contributed by atoms with Crippen molar-refractivity contribution in [3.63, 3.8) is 0 Å². The zero-order valence-electron chi connectivity index (χ0n) is 4.07. The minimum Gasteiger partial charge on any atom is -0.287 e. The van der Waals surface area contributed by atoms with Gasteiger partial charge in [-0.25, -0.2) is 0 Å². The van der Waals surface area contributed by atoms with Crippen LogP contribution in [0.3, 0.4) is 0 Å². The summed E-state index contributed by atoms with van der Waals surface area (Å²) in [5.74, 6) is 0. The molecule has 0 fully saturated rings. The first-order valence-electron chi connectivity index (χ1n) is 1.61. The van der Waals surface area contributed by atoms with Crippen molar-refractivity contribution in [1.29, 1.82) is 0 Å². The number of hydrogen-bond acceptors (Lipinski definition) is 4. The Morgan fingerprint density at radius 3 is 2.75 bits per heavy atom. The Morgan fingerprint density at radius 2 is 2.50 bits per heavy atom. The Labute approximate surface area is 81.4 Å². The molecule has 0 aliphatic carbocycles. The molecule has 1 aromatic heterocycles. The van der Waals surface area contributed by atoms with Crippen LogP contribution < -0.4 is 0 Å². The van der Waals surface area contributed by atoms with Crippen LogP contribution in [0.2, 0.25) is 0 Å². The zero-order chi connectivity index (χ0) is 5.11. The van der Waals surface area contributed by atoms with E-state index in [4.69, 9.17) is 0 Å². The summed E-state index contributed by atoms with van der Waals surface area (Å²) in [7, 11) is 0. The third kappa shape index (κ3) is 2.53. The molecule has 0 aliphatic heterocycles. The number of thioether (sulfide) groups is 1. The van der Waals surface area contributed by atoms with Crippen molar-refractivity contribution in [3.05, 3.63) is 11.8 Å². The predicted molar refractivity (Wildman–Crippen MR) is 31.1 cm³/mol. The van der Waals surface area contributed by atoms with Crippen molar-refractivity contribution in [1.82, 2.24) is 10.2 Å². The van der Waals surface area contributed by atoms with E-state index in [2.05, 4.69) is 16.5 Å². The van der Waals surface area contributed by atoms with E-state index in [-0.39, 0.29) is 32.7 Å². The summed E-state index contributed by atoms with van der Waals surface area (Å²) in [6.45, 7) is 0. The molecule has 1 rings (SSSR count). The Balaban J connectivity index is 0.000000490. The molecule has 0 saturated carbocycles. The van der Waals surface area contributed by atoms with E-state index in [0.717, 1.165) is 4.34 Å². The number of rotatable bonds is 1. The minimum atomic E-state index is 0. The van der Waals surface area contributed by atoms with Crippen LogP contribution in [-0.4, -0.2) is 10.2 Å². The maximum Gasteiger partial charge on any atom is 0.142 e. The van der Waals surface area contributed by atoms with Crippen LogP contribution in [0.15, 0.2) is 9.85 Å². The van der Waals surface area contributed by atoms with Crippen LogP contribution in [0.4, 0.5) is 0 Å². The molecule has 1 radical (unpaired) electrons. The molecular weight excluding hydrogens is 217 g/mol. The molecule has 0 saturated heterocycles. The Bertz CT molecular complexity index is 130. The number of nitrogens with zero attached hydrogens (tertiary/aromatic N) is 2. The first kappa shape index (κ1) is 9.01. The predicted octanol–water partition coefficient (Wildman–Crippen LogP) is 1.42. The molecule has 8 heavy (non-hydrogen) atoms. The molecule has 0 aromatic carbocycles. The van der Waals surface area contributed by atoms with Crippen LogP contribution >= 0.6 is 23.1 Å². The third-order valence-corrected chi connectivity index (χ3v) is 1.92. The van der Waals surface area contributed by atoms with E-state index in [1.807, 2.05) is 0 Å². The molecule has 0 atom stereocenters. The van der Waals surface area contributed by atoms with Crippen LogP contribution in [0.25, 0.3) is 0 Å². The van der Waals surface area contributed by atoms with Gasteiger partial charge in [0.15, 0.2) is 0 Å². The van der Waals surface area contributed by atoms with Crippen LogP contribution in [0, 0.1) is 6.26 Å². The maximum absolute atomic E-state index is 3.70. The maximum atomic E-state index is 3.70. The topological polar surface area (TPSA) is 25.8 Å². The summed E-state index contributed by atoms with van der Waals surface area (Å²) < 4.78 is 0.917. The molecule has 5 heteroatoms. The van der Waals surface area contributed by atoms with Gasteiger partial charge in [0.25, 0.3) is 0 Å². The summed E-state index contributed by atoms with van der Waals surface area (Å²) in [5.41, 5.74) is 1.69. The van der Waals surface area contributed by atoms with E-state index >= 15 is 0 Å². The van der Waals surface area contributed by atoms with Crippen molar-refractivity contribution >= 4 is 23.1 Å². The van der Waals surface area contributed by atoms with Crippen molar-refractivity contribution < 1.29 is 32.7 Å². The summed E-state index contributed by atoms with van der Waals surface area (Å²) in [5, 5.41) is 7.30. The number of hydrogen-bond donors (Lipinski definition) is 0. The van der Waals surface area contributed by atoms with Gasteiger partial charge in [0, 0.05) is 32.7 Å². The second kappa shape index (κ2) is 4.85. The fourth-order valence-corrected chi connectivity index (χ4v) is 1.01. The normalized spacial score (nSPS) is 8.12. The second-order valence-corrected chi connectivity index (χ2v) is 2.62. The summed E-state index contributed by atoms with van der Waals surface area (Å²) >= 11 is 2.87. The molecule has 2 nitrogen and oxygen atoms in total.